The summed E-state index contributed by atoms with van der Waals surface area (Å²) in [6, 6.07) is 9.81. The first-order chi connectivity index (χ1) is 7.18. The molecule has 16 heavy (non-hydrogen) atoms. The molecule has 1 fully saturated rings. The Balaban J connectivity index is 0.00000128. The summed E-state index contributed by atoms with van der Waals surface area (Å²) in [4.78, 5) is 13.8. The molecule has 0 aliphatic carbocycles. The topological polar surface area (TPSA) is 46.3 Å². The monoisotopic (exact) mass is 240 g/mol. The average molecular weight is 241 g/mol. The highest BCUT2D eigenvalue weighted by atomic mass is 35.5. The lowest BCUT2D eigenvalue weighted by Crippen LogP contribution is -2.49. The molecule has 1 saturated heterocycles. The lowest BCUT2D eigenvalue weighted by atomic mass is 9.87. The van der Waals surface area contributed by atoms with Gasteiger partial charge in [-0.2, -0.15) is 0 Å². The van der Waals surface area contributed by atoms with Crippen LogP contribution in [0.3, 0.4) is 0 Å². The molecule has 4 heteroatoms. The van der Waals surface area contributed by atoms with Crippen molar-refractivity contribution in [2.75, 3.05) is 13.6 Å². The van der Waals surface area contributed by atoms with E-state index in [1.807, 2.05) is 37.4 Å². The molecule has 0 spiro atoms. The van der Waals surface area contributed by atoms with Crippen LogP contribution in [0, 0.1) is 0 Å². The maximum absolute atomic E-state index is 11.7. The molecule has 0 bridgehead atoms. The van der Waals surface area contributed by atoms with E-state index in [9.17, 15) is 4.79 Å². The maximum Gasteiger partial charge on any atom is 0.242 e. The van der Waals surface area contributed by atoms with Crippen LogP contribution in [0.2, 0.25) is 0 Å². The van der Waals surface area contributed by atoms with Gasteiger partial charge in [0, 0.05) is 0 Å². The molecule has 2 N–H and O–H groups in total. The van der Waals surface area contributed by atoms with E-state index < -0.39 is 5.54 Å². The van der Waals surface area contributed by atoms with Crippen LogP contribution in [0.15, 0.2) is 30.3 Å². The van der Waals surface area contributed by atoms with Gasteiger partial charge in [0.05, 0.1) is 0 Å². The molecule has 1 heterocycles. The van der Waals surface area contributed by atoms with Gasteiger partial charge in [0.25, 0.3) is 0 Å². The summed E-state index contributed by atoms with van der Waals surface area (Å²) in [5.41, 5.74) is 6.00. The number of nitrogens with zero attached hydrogens (tertiary/aromatic N) is 1. The third-order valence-electron chi connectivity index (χ3n) is 3.34. The summed E-state index contributed by atoms with van der Waals surface area (Å²) in [6.45, 7) is 0.928. The molecule has 0 aromatic heterocycles. The van der Waals surface area contributed by atoms with Crippen LogP contribution in [0.4, 0.5) is 0 Å². The Morgan fingerprint density at radius 2 is 2.00 bits per heavy atom. The number of carbonyl (C=O) groups excluding carboxylic acids is 1. The molecule has 1 aliphatic rings. The van der Waals surface area contributed by atoms with Gasteiger partial charge < -0.3 is 5.73 Å². The van der Waals surface area contributed by atoms with Crippen LogP contribution in [-0.4, -0.2) is 24.4 Å². The molecular weight excluding hydrogens is 224 g/mol. The fourth-order valence-corrected chi connectivity index (χ4v) is 2.49. The molecule has 0 saturated carbocycles. The summed E-state index contributed by atoms with van der Waals surface area (Å²) >= 11 is 0. The van der Waals surface area contributed by atoms with Gasteiger partial charge in [-0.05, 0) is 32.0 Å². The van der Waals surface area contributed by atoms with E-state index >= 15 is 0 Å². The first-order valence-corrected chi connectivity index (χ1v) is 5.24. The van der Waals surface area contributed by atoms with Crippen LogP contribution < -0.4 is 5.73 Å². The van der Waals surface area contributed by atoms with E-state index in [1.165, 1.54) is 0 Å². The van der Waals surface area contributed by atoms with Gasteiger partial charge in [-0.3, -0.25) is 9.69 Å². The number of primary amides is 1. The summed E-state index contributed by atoms with van der Waals surface area (Å²) in [5, 5.41) is 0. The average Bonchev–Trinajstić information content (AvgIpc) is 2.62. The van der Waals surface area contributed by atoms with Crippen molar-refractivity contribution < 1.29 is 4.79 Å². The molecular formula is C12H17ClN2O. The number of likely N-dealkylation sites (N-methyl/N-ethyl adjacent to an activating group) is 1. The Labute approximate surface area is 102 Å². The Kier molecular flexibility index (Phi) is 3.94. The second-order valence-corrected chi connectivity index (χ2v) is 4.12. The molecule has 3 nitrogen and oxygen atoms in total. The summed E-state index contributed by atoms with van der Waals surface area (Å²) in [5.74, 6) is -0.242. The zero-order chi connectivity index (χ0) is 10.9. The van der Waals surface area contributed by atoms with E-state index in [2.05, 4.69) is 4.90 Å². The van der Waals surface area contributed by atoms with Gasteiger partial charge in [0.15, 0.2) is 0 Å². The molecule has 1 aliphatic heterocycles. The van der Waals surface area contributed by atoms with E-state index in [4.69, 9.17) is 5.73 Å². The van der Waals surface area contributed by atoms with Crippen molar-refractivity contribution in [3.63, 3.8) is 0 Å². The van der Waals surface area contributed by atoms with Crippen molar-refractivity contribution in [2.24, 2.45) is 5.73 Å². The molecule has 0 radical (unpaired) electrons. The summed E-state index contributed by atoms with van der Waals surface area (Å²) in [7, 11) is 1.96. The molecule has 1 amide bonds. The lowest BCUT2D eigenvalue weighted by Gasteiger charge is -2.33. The van der Waals surface area contributed by atoms with Gasteiger partial charge in [0.2, 0.25) is 5.91 Å². The molecule has 1 unspecified atom stereocenters. The maximum atomic E-state index is 11.7. The Morgan fingerprint density at radius 1 is 1.38 bits per heavy atom. The summed E-state index contributed by atoms with van der Waals surface area (Å²) < 4.78 is 0. The quantitative estimate of drug-likeness (QED) is 0.852. The van der Waals surface area contributed by atoms with Crippen molar-refractivity contribution in [3.05, 3.63) is 35.9 Å². The number of carbonyl (C=O) groups is 1. The van der Waals surface area contributed by atoms with Gasteiger partial charge in [0.1, 0.15) is 5.54 Å². The van der Waals surface area contributed by atoms with Crippen LogP contribution in [0.1, 0.15) is 18.4 Å². The largest absolute Gasteiger partial charge is 0.368 e. The lowest BCUT2D eigenvalue weighted by molar-refractivity contribution is -0.128. The first-order valence-electron chi connectivity index (χ1n) is 5.24. The number of nitrogens with two attached hydrogens (primary N) is 1. The highest BCUT2D eigenvalue weighted by Crippen LogP contribution is 2.37. The van der Waals surface area contributed by atoms with Crippen LogP contribution in [-0.2, 0) is 10.3 Å². The van der Waals surface area contributed by atoms with Crippen LogP contribution in [0.5, 0.6) is 0 Å². The number of hydrogen-bond donors (Lipinski definition) is 1. The second kappa shape index (κ2) is 4.85. The smallest absolute Gasteiger partial charge is 0.242 e. The third kappa shape index (κ3) is 1.81. The minimum absolute atomic E-state index is 0. The second-order valence-electron chi connectivity index (χ2n) is 4.12. The predicted molar refractivity (Wildman–Crippen MR) is 66.4 cm³/mol. The van der Waals surface area contributed by atoms with Crippen molar-refractivity contribution in [2.45, 2.75) is 18.4 Å². The highest BCUT2D eigenvalue weighted by Gasteiger charge is 2.45. The Hall–Kier alpha value is -1.06. The highest BCUT2D eigenvalue weighted by molar-refractivity contribution is 5.86. The molecule has 88 valence electrons. The standard InChI is InChI=1S/C12H16N2O.ClH/c1-14-9-5-8-12(14,11(13)15)10-6-3-2-4-7-10;/h2-4,6-7H,5,8-9H2,1H3,(H2,13,15);1H. The van der Waals surface area contributed by atoms with Gasteiger partial charge in [-0.1, -0.05) is 30.3 Å². The van der Waals surface area contributed by atoms with E-state index in [-0.39, 0.29) is 18.3 Å². The number of benzene rings is 1. The zero-order valence-electron chi connectivity index (χ0n) is 9.35. The van der Waals surface area contributed by atoms with E-state index in [0.29, 0.717) is 0 Å². The molecule has 2 rings (SSSR count). The number of hydrogen-bond acceptors (Lipinski definition) is 2. The fourth-order valence-electron chi connectivity index (χ4n) is 2.49. The van der Waals surface area contributed by atoms with Gasteiger partial charge >= 0.3 is 0 Å². The van der Waals surface area contributed by atoms with E-state index in [1.54, 1.807) is 0 Å². The van der Waals surface area contributed by atoms with Crippen LogP contribution >= 0.6 is 12.4 Å². The van der Waals surface area contributed by atoms with Crippen LogP contribution in [0.25, 0.3) is 0 Å². The Morgan fingerprint density at radius 3 is 2.44 bits per heavy atom. The fraction of sp³-hybridized carbons (Fsp3) is 0.417. The van der Waals surface area contributed by atoms with Crippen molar-refractivity contribution in [1.29, 1.82) is 0 Å². The molecule has 1 aromatic rings. The van der Waals surface area contributed by atoms with Crippen molar-refractivity contribution in [1.82, 2.24) is 4.90 Å². The predicted octanol–water partition coefficient (Wildman–Crippen LogP) is 1.51. The SMILES string of the molecule is CN1CCCC1(C(N)=O)c1ccccc1.Cl. The minimum atomic E-state index is -0.582. The van der Waals surface area contributed by atoms with Crippen molar-refractivity contribution >= 4 is 18.3 Å². The summed E-state index contributed by atoms with van der Waals surface area (Å²) in [6.07, 6.45) is 1.84. The molecule has 1 atom stereocenters. The number of halogens is 1. The number of likely N-dealkylation sites (tertiary alicyclic amines) is 1. The number of amides is 1. The zero-order valence-corrected chi connectivity index (χ0v) is 10.2. The molecule has 1 aromatic carbocycles. The van der Waals surface area contributed by atoms with Gasteiger partial charge in [-0.15, -0.1) is 12.4 Å². The number of rotatable bonds is 2. The van der Waals surface area contributed by atoms with Gasteiger partial charge in [-0.25, -0.2) is 0 Å². The van der Waals surface area contributed by atoms with E-state index in [0.717, 1.165) is 24.9 Å². The first kappa shape index (κ1) is 13.0. The minimum Gasteiger partial charge on any atom is -0.368 e. The Bertz CT molecular complexity index is 369. The van der Waals surface area contributed by atoms with Crippen molar-refractivity contribution in [3.8, 4) is 0 Å². The normalized spacial score (nSPS) is 25.1. The third-order valence-corrected chi connectivity index (χ3v) is 3.34.